The number of carboxylic acid groups (broad SMARTS) is 1. The molecule has 0 aromatic heterocycles. The molecule has 0 saturated heterocycles. The third-order valence-electron chi connectivity index (χ3n) is 0.571. The fourth-order valence-electron chi connectivity index (χ4n) is 0.0833. The molecule has 0 spiro atoms. The van der Waals surface area contributed by atoms with Crippen LogP contribution in [0.4, 0.5) is 0 Å². The van der Waals surface area contributed by atoms with Crippen molar-refractivity contribution in [3.63, 3.8) is 0 Å². The minimum atomic E-state index is -1.08. The van der Waals surface area contributed by atoms with E-state index < -0.39 is 12.5 Å². The quantitative estimate of drug-likeness (QED) is 0.602. The summed E-state index contributed by atoms with van der Waals surface area (Å²) in [6.07, 6.45) is 0.448. The Morgan fingerprint density at radius 3 is 1.92 bits per heavy atom. The van der Waals surface area contributed by atoms with Gasteiger partial charge in [-0.2, -0.15) is 0 Å². The van der Waals surface area contributed by atoms with Crippen molar-refractivity contribution < 1.29 is 39.6 Å². The van der Waals surface area contributed by atoms with E-state index in [9.17, 15) is 9.59 Å². The number of carbonyl (C=O) groups excluding carboxylic acids is 1. The molecule has 0 radical (unpaired) electrons. The molecule has 12 heavy (non-hydrogen) atoms. The van der Waals surface area contributed by atoms with Crippen molar-refractivity contribution in [3.8, 4) is 0 Å². The van der Waals surface area contributed by atoms with E-state index in [1.54, 1.807) is 6.92 Å². The van der Waals surface area contributed by atoms with Gasteiger partial charge >= 0.3 is 5.97 Å². The SMILES string of the molecule is CCC(=O)OP.[NH-]CC(=O)O.[Pd]. The molecule has 76 valence electrons. The van der Waals surface area contributed by atoms with Crippen molar-refractivity contribution in [2.75, 3.05) is 6.54 Å². The second-order valence-corrected chi connectivity index (χ2v) is 1.65. The number of carbonyl (C=O) groups is 2. The maximum absolute atomic E-state index is 9.94. The van der Waals surface area contributed by atoms with Gasteiger partial charge in [-0.1, -0.05) is 13.5 Å². The van der Waals surface area contributed by atoms with Crippen LogP contribution >= 0.6 is 9.47 Å². The zero-order valence-corrected chi connectivity index (χ0v) is 9.19. The molecule has 1 atom stereocenters. The molecule has 0 aliphatic rings. The molecule has 7 heteroatoms. The van der Waals surface area contributed by atoms with Gasteiger partial charge in [-0.3, -0.25) is 9.59 Å². The first-order valence-electron chi connectivity index (χ1n) is 2.84. The maximum Gasteiger partial charge on any atom is 0.307 e. The summed E-state index contributed by atoms with van der Waals surface area (Å²) in [6, 6.07) is 0. The summed E-state index contributed by atoms with van der Waals surface area (Å²) < 4.78 is 4.18. The first-order chi connectivity index (χ1) is 5.08. The Hall–Kier alpha value is -0.00766. The van der Waals surface area contributed by atoms with Crippen LogP contribution in [0.2, 0.25) is 0 Å². The van der Waals surface area contributed by atoms with E-state index in [0.717, 1.165) is 0 Å². The van der Waals surface area contributed by atoms with E-state index >= 15 is 0 Å². The van der Waals surface area contributed by atoms with Crippen molar-refractivity contribution in [3.05, 3.63) is 5.73 Å². The molecule has 0 heterocycles. The molecule has 1 unspecified atom stereocenters. The van der Waals surface area contributed by atoms with Crippen molar-refractivity contribution in [1.29, 1.82) is 0 Å². The summed E-state index contributed by atoms with van der Waals surface area (Å²) in [6.45, 7) is 1.21. The summed E-state index contributed by atoms with van der Waals surface area (Å²) in [4.78, 5) is 19.1. The second kappa shape index (κ2) is 13.6. The minimum Gasteiger partial charge on any atom is -0.668 e. The van der Waals surface area contributed by atoms with Gasteiger partial charge in [0.2, 0.25) is 0 Å². The first-order valence-corrected chi connectivity index (χ1v) is 3.31. The van der Waals surface area contributed by atoms with Crippen LogP contribution in [0.15, 0.2) is 0 Å². The number of carboxylic acids is 1. The van der Waals surface area contributed by atoms with Crippen molar-refractivity contribution >= 4 is 21.4 Å². The van der Waals surface area contributed by atoms with Crippen LogP contribution in [-0.2, 0) is 34.5 Å². The fraction of sp³-hybridized carbons (Fsp3) is 0.600. The molecule has 2 N–H and O–H groups in total. The molecule has 5 nitrogen and oxygen atoms in total. The Morgan fingerprint density at radius 2 is 1.92 bits per heavy atom. The average molecular weight is 287 g/mol. The Balaban J connectivity index is -0.000000126. The topological polar surface area (TPSA) is 87.4 Å². The van der Waals surface area contributed by atoms with Gasteiger partial charge in [-0.15, -0.1) is 0 Å². The van der Waals surface area contributed by atoms with Crippen LogP contribution in [0.25, 0.3) is 5.73 Å². The molecule has 0 aliphatic carbocycles. The largest absolute Gasteiger partial charge is 0.668 e. The Bertz CT molecular complexity index is 127. The normalized spacial score (nSPS) is 6.92. The van der Waals surface area contributed by atoms with Gasteiger partial charge in [-0.25, -0.2) is 0 Å². The van der Waals surface area contributed by atoms with E-state index in [2.05, 4.69) is 4.52 Å². The standard InChI is InChI=1S/C3H7O2P.C2H4NO2.Pd/c1-2-3(4)5-6;3-1-2(4)5;/h2,6H2,1H3;3H,1H2,(H,4,5);/q;-1;. The Kier molecular flexibility index (Phi) is 20.3. The molecule has 0 rings (SSSR count). The zero-order chi connectivity index (χ0) is 9.28. The molecule has 0 fully saturated rings. The molecular formula is C5H11NO4PPd-. The fourth-order valence-corrected chi connectivity index (χ4v) is 0.250. The smallest absolute Gasteiger partial charge is 0.307 e. The third-order valence-corrected chi connectivity index (χ3v) is 0.834. The van der Waals surface area contributed by atoms with E-state index in [1.807, 2.05) is 9.47 Å². The van der Waals surface area contributed by atoms with Crippen molar-refractivity contribution in [1.82, 2.24) is 0 Å². The molecule has 0 aliphatic heterocycles. The maximum atomic E-state index is 9.94. The van der Waals surface area contributed by atoms with Gasteiger partial charge in [0.1, 0.15) is 0 Å². The number of hydrogen-bond donors (Lipinski definition) is 1. The second-order valence-electron chi connectivity index (χ2n) is 1.41. The summed E-state index contributed by atoms with van der Waals surface area (Å²) in [5.74, 6) is -1.27. The van der Waals surface area contributed by atoms with Crippen LogP contribution in [0.3, 0.4) is 0 Å². The van der Waals surface area contributed by atoms with Gasteiger partial charge in [0.25, 0.3) is 5.97 Å². The summed E-state index contributed by atoms with van der Waals surface area (Å²) in [5, 5.41) is 7.53. The van der Waals surface area contributed by atoms with Gasteiger partial charge in [0, 0.05) is 26.8 Å². The van der Waals surface area contributed by atoms with Gasteiger partial charge in [0.15, 0.2) is 0 Å². The van der Waals surface area contributed by atoms with Crippen LogP contribution in [-0.4, -0.2) is 23.6 Å². The van der Waals surface area contributed by atoms with Crippen LogP contribution in [0.5, 0.6) is 0 Å². The summed E-state index contributed by atoms with van der Waals surface area (Å²) in [5.41, 5.74) is 6.06. The van der Waals surface area contributed by atoms with Gasteiger partial charge < -0.3 is 15.4 Å². The number of aliphatic carboxylic acids is 1. The molecule has 0 aromatic rings. The monoisotopic (exact) mass is 286 g/mol. The van der Waals surface area contributed by atoms with Crippen LogP contribution in [0, 0.1) is 0 Å². The van der Waals surface area contributed by atoms with Crippen LogP contribution in [0.1, 0.15) is 13.3 Å². The Labute approximate surface area is 87.0 Å². The number of rotatable bonds is 2. The molecule has 0 saturated carbocycles. The van der Waals surface area contributed by atoms with Crippen LogP contribution < -0.4 is 0 Å². The number of hydrogen-bond acceptors (Lipinski definition) is 3. The van der Waals surface area contributed by atoms with Crippen molar-refractivity contribution in [2.45, 2.75) is 13.3 Å². The predicted molar refractivity (Wildman–Crippen MR) is 42.9 cm³/mol. The Morgan fingerprint density at radius 1 is 1.58 bits per heavy atom. The third kappa shape index (κ3) is 22.5. The van der Waals surface area contributed by atoms with E-state index in [1.165, 1.54) is 0 Å². The van der Waals surface area contributed by atoms with Gasteiger partial charge in [-0.05, 0) is 0 Å². The van der Waals surface area contributed by atoms with E-state index in [0.29, 0.717) is 6.42 Å². The minimum absolute atomic E-state index is 0. The van der Waals surface area contributed by atoms with E-state index in [-0.39, 0.29) is 26.4 Å². The first kappa shape index (κ1) is 17.9. The zero-order valence-electron chi connectivity index (χ0n) is 6.48. The molecule has 0 aromatic carbocycles. The molecule has 0 bridgehead atoms. The molecule has 0 amide bonds. The van der Waals surface area contributed by atoms with Gasteiger partial charge in [0.05, 0.1) is 9.47 Å². The average Bonchev–Trinajstić information content (AvgIpc) is 2.04. The predicted octanol–water partition coefficient (Wildman–Crippen LogP) is 0.850. The summed E-state index contributed by atoms with van der Waals surface area (Å²) >= 11 is 0. The summed E-state index contributed by atoms with van der Waals surface area (Å²) in [7, 11) is 1.89. The number of nitrogens with one attached hydrogen (secondary N) is 1. The van der Waals surface area contributed by atoms with Crippen molar-refractivity contribution in [2.24, 2.45) is 0 Å². The molecular weight excluding hydrogens is 275 g/mol. The van der Waals surface area contributed by atoms with E-state index in [4.69, 9.17) is 10.8 Å².